The molecule has 0 aromatic heterocycles. The predicted octanol–water partition coefficient (Wildman–Crippen LogP) is 1.03. The first-order chi connectivity index (χ1) is 9.91. The fourth-order valence-electron chi connectivity index (χ4n) is 1.63. The minimum Gasteiger partial charge on any atom is -0.479 e. The smallest absolute Gasteiger partial charge is 0.331 e. The van der Waals surface area contributed by atoms with Gasteiger partial charge in [-0.25, -0.2) is 9.59 Å². The first-order valence-corrected chi connectivity index (χ1v) is 6.59. The van der Waals surface area contributed by atoms with Gasteiger partial charge in [-0.2, -0.15) is 0 Å². The Labute approximate surface area is 126 Å². The third kappa shape index (κ3) is 5.70. The van der Waals surface area contributed by atoms with Crippen LogP contribution in [0, 0.1) is 0 Å². The summed E-state index contributed by atoms with van der Waals surface area (Å²) in [5.41, 5.74) is 5.25. The molecule has 1 aromatic carbocycles. The Morgan fingerprint density at radius 1 is 1.29 bits per heavy atom. The number of rotatable bonds is 7. The lowest BCUT2D eigenvalue weighted by atomic mass is 10.1. The van der Waals surface area contributed by atoms with Gasteiger partial charge in [0.15, 0.2) is 6.04 Å². The highest BCUT2D eigenvalue weighted by Gasteiger charge is 2.23. The molecule has 0 heterocycles. The summed E-state index contributed by atoms with van der Waals surface area (Å²) in [6, 6.07) is 4.44. The van der Waals surface area contributed by atoms with Crippen molar-refractivity contribution in [1.29, 1.82) is 0 Å². The van der Waals surface area contributed by atoms with E-state index in [1.54, 1.807) is 18.2 Å². The maximum atomic E-state index is 11.6. The Kier molecular flexibility index (Phi) is 6.48. The average molecular weight is 314 g/mol. The van der Waals surface area contributed by atoms with Crippen LogP contribution in [0.1, 0.15) is 24.4 Å². The molecule has 0 saturated heterocycles. The maximum Gasteiger partial charge on any atom is 0.331 e. The largest absolute Gasteiger partial charge is 0.479 e. The summed E-state index contributed by atoms with van der Waals surface area (Å²) < 4.78 is 0. The van der Waals surface area contributed by atoms with E-state index in [0.29, 0.717) is 12.0 Å². The predicted molar refractivity (Wildman–Crippen MR) is 76.8 cm³/mol. The molecule has 1 rings (SSSR count). The molecule has 1 aromatic rings. The van der Waals surface area contributed by atoms with Crippen LogP contribution in [0.2, 0.25) is 5.02 Å². The average Bonchev–Trinajstić information content (AvgIpc) is 2.41. The molecule has 0 spiro atoms. The zero-order valence-electron chi connectivity index (χ0n) is 11.1. The zero-order valence-corrected chi connectivity index (χ0v) is 11.9. The van der Waals surface area contributed by atoms with Gasteiger partial charge in [0.1, 0.15) is 0 Å². The molecular formula is C13H16ClN3O4. The molecule has 0 aliphatic carbocycles. The van der Waals surface area contributed by atoms with Gasteiger partial charge in [0, 0.05) is 23.6 Å². The van der Waals surface area contributed by atoms with E-state index in [0.717, 1.165) is 0 Å². The molecule has 8 heteroatoms. The Bertz CT molecular complexity index is 536. The van der Waals surface area contributed by atoms with Crippen molar-refractivity contribution in [3.63, 3.8) is 0 Å². The zero-order chi connectivity index (χ0) is 15.8. The molecular weight excluding hydrogens is 298 g/mol. The SMILES string of the molecule is NC(=O)CCCNC(=O)N[C@@H](C(=O)O)c1ccccc1Cl. The van der Waals surface area contributed by atoms with E-state index in [1.165, 1.54) is 6.07 Å². The third-order valence-electron chi connectivity index (χ3n) is 2.62. The molecule has 5 N–H and O–H groups in total. The summed E-state index contributed by atoms with van der Waals surface area (Å²) in [4.78, 5) is 33.4. The Hall–Kier alpha value is -2.28. The van der Waals surface area contributed by atoms with Crippen LogP contribution in [-0.4, -0.2) is 29.6 Å². The summed E-state index contributed by atoms with van der Waals surface area (Å²) in [6.45, 7) is 0.212. The molecule has 0 radical (unpaired) electrons. The van der Waals surface area contributed by atoms with Crippen LogP contribution < -0.4 is 16.4 Å². The quantitative estimate of drug-likeness (QED) is 0.562. The van der Waals surface area contributed by atoms with Gasteiger partial charge in [-0.05, 0) is 12.5 Å². The number of benzene rings is 1. The minimum absolute atomic E-state index is 0.146. The molecule has 0 aliphatic rings. The number of nitrogens with one attached hydrogen (secondary N) is 2. The van der Waals surface area contributed by atoms with E-state index in [2.05, 4.69) is 10.6 Å². The van der Waals surface area contributed by atoms with Crippen LogP contribution in [0.5, 0.6) is 0 Å². The highest BCUT2D eigenvalue weighted by atomic mass is 35.5. The van der Waals surface area contributed by atoms with Crippen LogP contribution in [-0.2, 0) is 9.59 Å². The summed E-state index contributed by atoms with van der Waals surface area (Å²) in [6.07, 6.45) is 0.528. The normalized spacial score (nSPS) is 11.5. The highest BCUT2D eigenvalue weighted by molar-refractivity contribution is 6.31. The molecule has 1 atom stereocenters. The van der Waals surface area contributed by atoms with Gasteiger partial charge >= 0.3 is 12.0 Å². The molecule has 114 valence electrons. The van der Waals surface area contributed by atoms with Gasteiger partial charge in [-0.3, -0.25) is 4.79 Å². The number of carboxylic acid groups (broad SMARTS) is 1. The number of carbonyl (C=O) groups excluding carboxylic acids is 2. The fourth-order valence-corrected chi connectivity index (χ4v) is 1.87. The number of hydrogen-bond acceptors (Lipinski definition) is 3. The Morgan fingerprint density at radius 3 is 2.52 bits per heavy atom. The van der Waals surface area contributed by atoms with Crippen molar-refractivity contribution < 1.29 is 19.5 Å². The number of halogens is 1. The van der Waals surface area contributed by atoms with Crippen molar-refractivity contribution >= 4 is 29.5 Å². The van der Waals surface area contributed by atoms with E-state index in [-0.39, 0.29) is 18.0 Å². The molecule has 0 fully saturated rings. The van der Waals surface area contributed by atoms with Crippen LogP contribution in [0.25, 0.3) is 0 Å². The number of primary amides is 1. The van der Waals surface area contributed by atoms with Crippen molar-refractivity contribution in [1.82, 2.24) is 10.6 Å². The molecule has 0 aliphatic heterocycles. The maximum absolute atomic E-state index is 11.6. The second-order valence-corrected chi connectivity index (χ2v) is 4.67. The molecule has 0 saturated carbocycles. The minimum atomic E-state index is -1.25. The van der Waals surface area contributed by atoms with E-state index in [4.69, 9.17) is 17.3 Å². The van der Waals surface area contributed by atoms with Crippen molar-refractivity contribution in [2.45, 2.75) is 18.9 Å². The van der Waals surface area contributed by atoms with Crippen molar-refractivity contribution in [2.24, 2.45) is 5.73 Å². The molecule has 7 nitrogen and oxygen atoms in total. The fraction of sp³-hybridized carbons (Fsp3) is 0.308. The van der Waals surface area contributed by atoms with Crippen molar-refractivity contribution in [3.8, 4) is 0 Å². The highest BCUT2D eigenvalue weighted by Crippen LogP contribution is 2.22. The standard InChI is InChI=1S/C13H16ClN3O4/c14-9-5-2-1-4-8(9)11(12(19)20)17-13(21)16-7-3-6-10(15)18/h1-2,4-5,11H,3,6-7H2,(H2,15,18)(H,19,20)(H2,16,17,21)/t11-/m1/s1. The van der Waals surface area contributed by atoms with Gasteiger partial charge in [0.05, 0.1) is 0 Å². The van der Waals surface area contributed by atoms with Gasteiger partial charge in [0.25, 0.3) is 0 Å². The molecule has 21 heavy (non-hydrogen) atoms. The van der Waals surface area contributed by atoms with Crippen molar-refractivity contribution in [2.75, 3.05) is 6.54 Å². The van der Waals surface area contributed by atoms with E-state index in [9.17, 15) is 19.5 Å². The molecule has 0 unspecified atom stereocenters. The summed E-state index contributed by atoms with van der Waals surface area (Å²) in [5.74, 6) is -1.69. The Morgan fingerprint density at radius 2 is 1.95 bits per heavy atom. The lowest BCUT2D eigenvalue weighted by Crippen LogP contribution is -2.41. The van der Waals surface area contributed by atoms with Gasteiger partial charge in [-0.15, -0.1) is 0 Å². The second-order valence-electron chi connectivity index (χ2n) is 4.26. The number of carbonyl (C=O) groups is 3. The third-order valence-corrected chi connectivity index (χ3v) is 2.97. The van der Waals surface area contributed by atoms with Crippen LogP contribution in [0.3, 0.4) is 0 Å². The summed E-state index contributed by atoms with van der Waals surface area (Å²) in [7, 11) is 0. The van der Waals surface area contributed by atoms with Crippen LogP contribution in [0.4, 0.5) is 4.79 Å². The van der Waals surface area contributed by atoms with Crippen molar-refractivity contribution in [3.05, 3.63) is 34.9 Å². The first-order valence-electron chi connectivity index (χ1n) is 6.21. The monoisotopic (exact) mass is 313 g/mol. The van der Waals surface area contributed by atoms with Gasteiger partial charge in [0.2, 0.25) is 5.91 Å². The van der Waals surface area contributed by atoms with Crippen LogP contribution in [0.15, 0.2) is 24.3 Å². The number of nitrogens with two attached hydrogens (primary N) is 1. The van der Waals surface area contributed by atoms with Gasteiger partial charge < -0.3 is 21.5 Å². The summed E-state index contributed by atoms with van der Waals surface area (Å²) in [5, 5.41) is 14.2. The number of hydrogen-bond donors (Lipinski definition) is 4. The van der Waals surface area contributed by atoms with Crippen LogP contribution >= 0.6 is 11.6 Å². The second kappa shape index (κ2) is 8.11. The van der Waals surface area contributed by atoms with E-state index in [1.807, 2.05) is 0 Å². The molecule has 3 amide bonds. The summed E-state index contributed by atoms with van der Waals surface area (Å²) >= 11 is 5.92. The number of urea groups is 1. The Balaban J connectivity index is 2.59. The number of amides is 3. The van der Waals surface area contributed by atoms with E-state index < -0.39 is 23.9 Å². The lowest BCUT2D eigenvalue weighted by molar-refractivity contribution is -0.139. The lowest BCUT2D eigenvalue weighted by Gasteiger charge is -2.16. The first kappa shape index (κ1) is 16.8. The van der Waals surface area contributed by atoms with Gasteiger partial charge in [-0.1, -0.05) is 29.8 Å². The number of aliphatic carboxylic acids is 1. The molecule has 0 bridgehead atoms. The number of carboxylic acids is 1. The topological polar surface area (TPSA) is 122 Å². The van der Waals surface area contributed by atoms with E-state index >= 15 is 0 Å².